The van der Waals surface area contributed by atoms with E-state index in [1.807, 2.05) is 19.3 Å². The fourth-order valence-corrected chi connectivity index (χ4v) is 2.76. The number of hydrogen-bond acceptors (Lipinski definition) is 4. The Labute approximate surface area is 119 Å². The number of pyridine rings is 1. The predicted octanol–water partition coefficient (Wildman–Crippen LogP) is 1.65. The van der Waals surface area contributed by atoms with Gasteiger partial charge in [-0.05, 0) is 30.8 Å². The molecule has 1 saturated heterocycles. The van der Waals surface area contributed by atoms with Gasteiger partial charge in [0.05, 0.1) is 18.2 Å². The number of likely N-dealkylation sites (N-methyl/N-ethyl adjacent to an activating group) is 1. The minimum Gasteiger partial charge on any atom is -0.374 e. The highest BCUT2D eigenvalue weighted by Crippen LogP contribution is 2.16. The largest absolute Gasteiger partial charge is 0.374 e. The molecule has 3 rings (SSSR count). The van der Waals surface area contributed by atoms with Crippen molar-refractivity contribution >= 4 is 10.9 Å². The fourth-order valence-electron chi connectivity index (χ4n) is 2.76. The van der Waals surface area contributed by atoms with Crippen LogP contribution < -0.4 is 5.32 Å². The highest BCUT2D eigenvalue weighted by Gasteiger charge is 2.19. The fraction of sp³-hybridized carbons (Fsp3) is 0.438. The maximum Gasteiger partial charge on any atom is 0.0826 e. The Bertz CT molecular complexity index is 570. The Morgan fingerprint density at radius 3 is 3.25 bits per heavy atom. The summed E-state index contributed by atoms with van der Waals surface area (Å²) < 4.78 is 5.74. The molecule has 1 N–H and O–H groups in total. The van der Waals surface area contributed by atoms with Gasteiger partial charge >= 0.3 is 0 Å². The van der Waals surface area contributed by atoms with Gasteiger partial charge in [-0.3, -0.25) is 9.88 Å². The molecule has 1 unspecified atom stereocenters. The number of rotatable bonds is 4. The summed E-state index contributed by atoms with van der Waals surface area (Å²) in [4.78, 5) is 6.83. The van der Waals surface area contributed by atoms with Gasteiger partial charge < -0.3 is 10.1 Å². The molecule has 4 heteroatoms. The third kappa shape index (κ3) is 3.15. The van der Waals surface area contributed by atoms with Crippen molar-refractivity contribution in [2.75, 3.05) is 33.3 Å². The maximum atomic E-state index is 5.74. The summed E-state index contributed by atoms with van der Waals surface area (Å²) in [6.45, 7) is 4.71. The lowest BCUT2D eigenvalue weighted by atomic mass is 10.1. The van der Waals surface area contributed by atoms with Crippen LogP contribution in [0.25, 0.3) is 10.9 Å². The average Bonchev–Trinajstić information content (AvgIpc) is 2.48. The van der Waals surface area contributed by atoms with Crippen LogP contribution in [0.1, 0.15) is 5.56 Å². The quantitative estimate of drug-likeness (QED) is 0.917. The number of nitrogens with one attached hydrogen (secondary N) is 1. The van der Waals surface area contributed by atoms with Gasteiger partial charge in [-0.25, -0.2) is 0 Å². The first-order valence-electron chi connectivity index (χ1n) is 7.17. The second kappa shape index (κ2) is 6.31. The molecule has 4 nitrogen and oxygen atoms in total. The number of nitrogens with zero attached hydrogens (tertiary/aromatic N) is 2. The number of morpholine rings is 1. The molecule has 0 bridgehead atoms. The minimum absolute atomic E-state index is 0.302. The molecule has 1 aromatic carbocycles. The maximum absolute atomic E-state index is 5.74. The van der Waals surface area contributed by atoms with Gasteiger partial charge in [0.1, 0.15) is 0 Å². The Kier molecular flexibility index (Phi) is 4.25. The van der Waals surface area contributed by atoms with Crippen molar-refractivity contribution in [2.24, 2.45) is 0 Å². The number of benzene rings is 1. The van der Waals surface area contributed by atoms with Gasteiger partial charge in [-0.15, -0.1) is 0 Å². The molecule has 2 aromatic rings. The zero-order chi connectivity index (χ0) is 13.8. The zero-order valence-electron chi connectivity index (χ0n) is 11.9. The van der Waals surface area contributed by atoms with Crippen molar-refractivity contribution in [3.8, 4) is 0 Å². The van der Waals surface area contributed by atoms with Gasteiger partial charge in [-0.1, -0.05) is 12.1 Å². The summed E-state index contributed by atoms with van der Waals surface area (Å²) in [6, 6.07) is 10.6. The van der Waals surface area contributed by atoms with Crippen molar-refractivity contribution in [2.45, 2.75) is 12.6 Å². The molecule has 0 radical (unpaired) electrons. The van der Waals surface area contributed by atoms with Gasteiger partial charge in [-0.2, -0.15) is 0 Å². The molecule has 2 heterocycles. The molecule has 1 aliphatic rings. The average molecular weight is 271 g/mol. The number of fused-ring (bicyclic) bond motifs is 1. The van der Waals surface area contributed by atoms with E-state index < -0.39 is 0 Å². The summed E-state index contributed by atoms with van der Waals surface area (Å²) >= 11 is 0. The molecule has 1 aromatic heterocycles. The van der Waals surface area contributed by atoms with Gasteiger partial charge in [0, 0.05) is 37.8 Å². The summed E-state index contributed by atoms with van der Waals surface area (Å²) in [5, 5.41) is 4.40. The highest BCUT2D eigenvalue weighted by molar-refractivity contribution is 5.78. The van der Waals surface area contributed by atoms with E-state index in [1.165, 1.54) is 10.9 Å². The van der Waals surface area contributed by atoms with Gasteiger partial charge in [0.15, 0.2) is 0 Å². The summed E-state index contributed by atoms with van der Waals surface area (Å²) in [7, 11) is 1.97. The molecule has 106 valence electrons. The Hall–Kier alpha value is -1.49. The third-order valence-electron chi connectivity index (χ3n) is 3.73. The SMILES string of the molecule is CNCC1CN(Cc2ccc3ncccc3c2)CCO1. The van der Waals surface area contributed by atoms with Crippen LogP contribution in [-0.2, 0) is 11.3 Å². The van der Waals surface area contributed by atoms with E-state index in [0.29, 0.717) is 6.10 Å². The van der Waals surface area contributed by atoms with Gasteiger partial charge in [0.25, 0.3) is 0 Å². The Balaban J connectivity index is 1.69. The molecular weight excluding hydrogens is 250 g/mol. The van der Waals surface area contributed by atoms with E-state index >= 15 is 0 Å². The normalized spacial score (nSPS) is 20.4. The molecule has 1 aliphatic heterocycles. The first-order valence-corrected chi connectivity index (χ1v) is 7.17. The van der Waals surface area contributed by atoms with E-state index in [4.69, 9.17) is 4.74 Å². The number of ether oxygens (including phenoxy) is 1. The number of aromatic nitrogens is 1. The minimum atomic E-state index is 0.302. The molecule has 1 fully saturated rings. The lowest BCUT2D eigenvalue weighted by molar-refractivity contribution is -0.0291. The van der Waals surface area contributed by atoms with E-state index in [1.54, 1.807) is 0 Å². The molecule has 20 heavy (non-hydrogen) atoms. The first-order chi connectivity index (χ1) is 9.85. The van der Waals surface area contributed by atoms with E-state index in [-0.39, 0.29) is 0 Å². The summed E-state index contributed by atoms with van der Waals surface area (Å²) in [5.74, 6) is 0. The molecule has 0 amide bonds. The Morgan fingerprint density at radius 2 is 2.35 bits per heavy atom. The monoisotopic (exact) mass is 271 g/mol. The van der Waals surface area contributed by atoms with Crippen LogP contribution in [0.3, 0.4) is 0 Å². The Morgan fingerprint density at radius 1 is 1.40 bits per heavy atom. The van der Waals surface area contributed by atoms with Crippen molar-refractivity contribution in [1.29, 1.82) is 0 Å². The van der Waals surface area contributed by atoms with E-state index in [2.05, 4.69) is 39.5 Å². The molecule has 0 spiro atoms. The van der Waals surface area contributed by atoms with E-state index in [9.17, 15) is 0 Å². The standard InChI is InChI=1S/C16H21N3O/c1-17-10-15-12-19(7-8-20-15)11-13-4-5-16-14(9-13)3-2-6-18-16/h2-6,9,15,17H,7-8,10-12H2,1H3. The summed E-state index contributed by atoms with van der Waals surface area (Å²) in [5.41, 5.74) is 2.40. The molecular formula is C16H21N3O. The molecule has 1 atom stereocenters. The van der Waals surface area contributed by atoms with Crippen molar-refractivity contribution in [3.63, 3.8) is 0 Å². The molecule has 0 aliphatic carbocycles. The molecule has 0 saturated carbocycles. The van der Waals surface area contributed by atoms with Crippen LogP contribution in [-0.4, -0.2) is 49.3 Å². The third-order valence-corrected chi connectivity index (χ3v) is 3.73. The van der Waals surface area contributed by atoms with Crippen LogP contribution in [0, 0.1) is 0 Å². The van der Waals surface area contributed by atoms with Crippen LogP contribution in [0.2, 0.25) is 0 Å². The van der Waals surface area contributed by atoms with Crippen LogP contribution in [0.4, 0.5) is 0 Å². The number of hydrogen-bond donors (Lipinski definition) is 1. The summed E-state index contributed by atoms with van der Waals surface area (Å²) in [6.07, 6.45) is 2.14. The first kappa shape index (κ1) is 13.5. The predicted molar refractivity (Wildman–Crippen MR) is 80.7 cm³/mol. The van der Waals surface area contributed by atoms with Crippen molar-refractivity contribution in [3.05, 3.63) is 42.1 Å². The second-order valence-electron chi connectivity index (χ2n) is 5.32. The van der Waals surface area contributed by atoms with Crippen LogP contribution >= 0.6 is 0 Å². The van der Waals surface area contributed by atoms with Gasteiger partial charge in [0.2, 0.25) is 0 Å². The smallest absolute Gasteiger partial charge is 0.0826 e. The van der Waals surface area contributed by atoms with E-state index in [0.717, 1.165) is 38.3 Å². The lowest BCUT2D eigenvalue weighted by Crippen LogP contribution is -2.45. The zero-order valence-corrected chi connectivity index (χ0v) is 11.9. The van der Waals surface area contributed by atoms with Crippen molar-refractivity contribution in [1.82, 2.24) is 15.2 Å². The van der Waals surface area contributed by atoms with Crippen molar-refractivity contribution < 1.29 is 4.74 Å². The highest BCUT2D eigenvalue weighted by atomic mass is 16.5. The van der Waals surface area contributed by atoms with Crippen LogP contribution in [0.15, 0.2) is 36.5 Å². The van der Waals surface area contributed by atoms with Crippen LogP contribution in [0.5, 0.6) is 0 Å². The second-order valence-corrected chi connectivity index (χ2v) is 5.32. The topological polar surface area (TPSA) is 37.4 Å². The lowest BCUT2D eigenvalue weighted by Gasteiger charge is -2.32.